The van der Waals surface area contributed by atoms with E-state index >= 15 is 0 Å². The maximum Gasteiger partial charge on any atom is 0.254 e. The van der Waals surface area contributed by atoms with Crippen LogP contribution >= 0.6 is 0 Å². The lowest BCUT2D eigenvalue weighted by atomic mass is 9.94. The number of carbonyl (C=O) groups excluding carboxylic acids is 2. The van der Waals surface area contributed by atoms with Gasteiger partial charge in [0.1, 0.15) is 0 Å². The van der Waals surface area contributed by atoms with Crippen molar-refractivity contribution in [1.29, 1.82) is 0 Å². The summed E-state index contributed by atoms with van der Waals surface area (Å²) < 4.78 is 0. The van der Waals surface area contributed by atoms with E-state index in [2.05, 4.69) is 29.2 Å². The summed E-state index contributed by atoms with van der Waals surface area (Å²) in [5.74, 6) is 0.236. The van der Waals surface area contributed by atoms with Gasteiger partial charge in [-0.05, 0) is 54.3 Å². The summed E-state index contributed by atoms with van der Waals surface area (Å²) in [4.78, 5) is 32.4. The van der Waals surface area contributed by atoms with Crippen LogP contribution in [0.15, 0.2) is 66.7 Å². The van der Waals surface area contributed by atoms with E-state index in [1.54, 1.807) is 0 Å². The molecule has 0 aromatic heterocycles. The summed E-state index contributed by atoms with van der Waals surface area (Å²) in [5.41, 5.74) is 3.03. The highest BCUT2D eigenvalue weighted by Crippen LogP contribution is 2.25. The maximum atomic E-state index is 13.2. The van der Waals surface area contributed by atoms with E-state index < -0.39 is 0 Å². The van der Waals surface area contributed by atoms with Gasteiger partial charge in [-0.25, -0.2) is 0 Å². The number of likely N-dealkylation sites (tertiary alicyclic amines) is 1. The molecule has 4 rings (SSSR count). The summed E-state index contributed by atoms with van der Waals surface area (Å²) in [5, 5.41) is 2.06. The highest BCUT2D eigenvalue weighted by molar-refractivity contribution is 6.07. The van der Waals surface area contributed by atoms with Gasteiger partial charge in [0.05, 0.1) is 0 Å². The molecule has 172 valence electrons. The molecule has 5 nitrogen and oxygen atoms in total. The van der Waals surface area contributed by atoms with Crippen molar-refractivity contribution in [1.82, 2.24) is 9.80 Å². The second-order valence-corrected chi connectivity index (χ2v) is 9.01. The van der Waals surface area contributed by atoms with Gasteiger partial charge in [0.2, 0.25) is 5.91 Å². The second-order valence-electron chi connectivity index (χ2n) is 9.01. The topological polar surface area (TPSA) is 43.9 Å². The van der Waals surface area contributed by atoms with Crippen LogP contribution in [-0.4, -0.2) is 55.3 Å². The minimum Gasteiger partial charge on any atom is -0.378 e. The van der Waals surface area contributed by atoms with Crippen LogP contribution in [0.3, 0.4) is 0 Å². The van der Waals surface area contributed by atoms with Gasteiger partial charge in [-0.2, -0.15) is 0 Å². The Hall–Kier alpha value is -3.34. The van der Waals surface area contributed by atoms with Crippen molar-refractivity contribution in [3.63, 3.8) is 0 Å². The van der Waals surface area contributed by atoms with E-state index in [1.807, 2.05) is 73.3 Å². The molecule has 0 aliphatic carbocycles. The third-order valence-electron chi connectivity index (χ3n) is 6.67. The van der Waals surface area contributed by atoms with Gasteiger partial charge < -0.3 is 14.7 Å². The molecule has 3 aromatic rings. The monoisotopic (exact) mass is 443 g/mol. The molecule has 1 aliphatic heterocycles. The minimum absolute atomic E-state index is 0.0254. The molecule has 0 radical (unpaired) electrons. The Morgan fingerprint density at radius 1 is 0.909 bits per heavy atom. The first-order chi connectivity index (χ1) is 16.0. The summed E-state index contributed by atoms with van der Waals surface area (Å²) >= 11 is 0. The average molecular weight is 444 g/mol. The third kappa shape index (κ3) is 5.03. The van der Waals surface area contributed by atoms with Crippen molar-refractivity contribution >= 4 is 28.3 Å². The van der Waals surface area contributed by atoms with Crippen LogP contribution in [0.5, 0.6) is 0 Å². The van der Waals surface area contributed by atoms with Gasteiger partial charge >= 0.3 is 0 Å². The van der Waals surface area contributed by atoms with Crippen molar-refractivity contribution < 1.29 is 9.59 Å². The van der Waals surface area contributed by atoms with E-state index in [9.17, 15) is 9.59 Å². The van der Waals surface area contributed by atoms with E-state index in [-0.39, 0.29) is 17.7 Å². The molecule has 0 unspecified atom stereocenters. The predicted molar refractivity (Wildman–Crippen MR) is 134 cm³/mol. The van der Waals surface area contributed by atoms with Crippen LogP contribution in [-0.2, 0) is 11.3 Å². The first-order valence-electron chi connectivity index (χ1n) is 11.8. The molecule has 3 aromatic carbocycles. The standard InChI is InChI=1S/C28H33N3O2/c1-4-30(20-21-12-14-24(15-13-21)29(2)3)27(32)23-16-18-31(19-17-23)28(33)26-11-7-9-22-8-5-6-10-25(22)26/h5-15,23H,4,16-20H2,1-3H3. The molecular formula is C28H33N3O2. The Labute approximate surface area is 196 Å². The largest absolute Gasteiger partial charge is 0.378 e. The zero-order valence-corrected chi connectivity index (χ0v) is 19.8. The van der Waals surface area contributed by atoms with Crippen molar-refractivity contribution in [2.24, 2.45) is 5.92 Å². The molecule has 0 saturated carbocycles. The molecule has 0 atom stereocenters. The van der Waals surface area contributed by atoms with E-state index in [0.717, 1.165) is 27.6 Å². The van der Waals surface area contributed by atoms with Gasteiger partial charge in [-0.1, -0.05) is 48.5 Å². The molecule has 33 heavy (non-hydrogen) atoms. The zero-order valence-electron chi connectivity index (χ0n) is 19.8. The number of amides is 2. The number of nitrogens with zero attached hydrogens (tertiary/aromatic N) is 3. The van der Waals surface area contributed by atoms with Gasteiger partial charge in [0.15, 0.2) is 0 Å². The number of hydrogen-bond acceptors (Lipinski definition) is 3. The fourth-order valence-electron chi connectivity index (χ4n) is 4.64. The van der Waals surface area contributed by atoms with Crippen LogP contribution < -0.4 is 4.90 Å². The number of hydrogen-bond donors (Lipinski definition) is 0. The zero-order chi connectivity index (χ0) is 23.4. The van der Waals surface area contributed by atoms with Crippen LogP contribution in [0.25, 0.3) is 10.8 Å². The summed E-state index contributed by atoms with van der Waals surface area (Å²) in [6, 6.07) is 22.2. The summed E-state index contributed by atoms with van der Waals surface area (Å²) in [6.45, 7) is 4.58. The number of anilines is 1. The molecule has 2 amide bonds. The van der Waals surface area contributed by atoms with E-state index in [1.165, 1.54) is 0 Å². The molecule has 1 heterocycles. The van der Waals surface area contributed by atoms with Gasteiger partial charge in [-0.15, -0.1) is 0 Å². The fraction of sp³-hybridized carbons (Fsp3) is 0.357. The Morgan fingerprint density at radius 2 is 1.58 bits per heavy atom. The average Bonchev–Trinajstić information content (AvgIpc) is 2.86. The SMILES string of the molecule is CCN(Cc1ccc(N(C)C)cc1)C(=O)C1CCN(C(=O)c2cccc3ccccc23)CC1. The summed E-state index contributed by atoms with van der Waals surface area (Å²) in [7, 11) is 4.04. The molecule has 0 spiro atoms. The Kier molecular flexibility index (Phi) is 6.97. The molecule has 1 saturated heterocycles. The highest BCUT2D eigenvalue weighted by atomic mass is 16.2. The molecule has 5 heteroatoms. The fourth-order valence-corrected chi connectivity index (χ4v) is 4.64. The van der Waals surface area contributed by atoms with Crippen molar-refractivity contribution in [3.8, 4) is 0 Å². The molecule has 1 fully saturated rings. The second kappa shape index (κ2) is 10.1. The summed E-state index contributed by atoms with van der Waals surface area (Å²) in [6.07, 6.45) is 1.43. The number of benzene rings is 3. The van der Waals surface area contributed by atoms with Crippen molar-refractivity contribution in [2.45, 2.75) is 26.3 Å². The quantitative estimate of drug-likeness (QED) is 0.549. The number of piperidine rings is 1. The number of carbonyl (C=O) groups is 2. The van der Waals surface area contributed by atoms with Gasteiger partial charge in [0, 0.05) is 57.4 Å². The van der Waals surface area contributed by atoms with Gasteiger partial charge in [0.25, 0.3) is 5.91 Å². The normalized spacial score (nSPS) is 14.3. The number of fused-ring (bicyclic) bond motifs is 1. The van der Waals surface area contributed by atoms with Crippen LogP contribution in [0, 0.1) is 5.92 Å². The molecule has 1 aliphatic rings. The van der Waals surface area contributed by atoms with E-state index in [4.69, 9.17) is 0 Å². The first-order valence-corrected chi connectivity index (χ1v) is 11.8. The smallest absolute Gasteiger partial charge is 0.254 e. The lowest BCUT2D eigenvalue weighted by Gasteiger charge is -2.34. The van der Waals surface area contributed by atoms with Crippen LogP contribution in [0.1, 0.15) is 35.7 Å². The number of rotatable bonds is 6. The Balaban J connectivity index is 1.38. The maximum absolute atomic E-state index is 13.2. The van der Waals surface area contributed by atoms with Crippen LogP contribution in [0.2, 0.25) is 0 Å². The van der Waals surface area contributed by atoms with Crippen LogP contribution in [0.4, 0.5) is 5.69 Å². The molecular weight excluding hydrogens is 410 g/mol. The first kappa shape index (κ1) is 22.8. The molecule has 0 N–H and O–H groups in total. The molecule has 0 bridgehead atoms. The Bertz CT molecular complexity index is 1110. The van der Waals surface area contributed by atoms with Gasteiger partial charge in [-0.3, -0.25) is 9.59 Å². The lowest BCUT2D eigenvalue weighted by molar-refractivity contribution is -0.137. The third-order valence-corrected chi connectivity index (χ3v) is 6.67. The Morgan fingerprint density at radius 3 is 2.24 bits per heavy atom. The lowest BCUT2D eigenvalue weighted by Crippen LogP contribution is -2.44. The minimum atomic E-state index is -0.0254. The van der Waals surface area contributed by atoms with Crippen molar-refractivity contribution in [2.75, 3.05) is 38.6 Å². The van der Waals surface area contributed by atoms with E-state index in [0.29, 0.717) is 39.0 Å². The highest BCUT2D eigenvalue weighted by Gasteiger charge is 2.30. The predicted octanol–water partition coefficient (Wildman–Crippen LogP) is 4.81. The van der Waals surface area contributed by atoms with Crippen molar-refractivity contribution in [3.05, 3.63) is 77.9 Å².